The number of sulfonamides is 1. The van der Waals surface area contributed by atoms with Crippen LogP contribution in [0.2, 0.25) is 0 Å². The van der Waals surface area contributed by atoms with Crippen molar-refractivity contribution in [1.29, 1.82) is 0 Å². The summed E-state index contributed by atoms with van der Waals surface area (Å²) in [6.45, 7) is 5.13. The number of carbonyl (C=O) groups excluding carboxylic acids is 1. The number of carbonyl (C=O) groups is 1. The number of rotatable bonds is 6. The predicted octanol–water partition coefficient (Wildman–Crippen LogP) is 3.03. The maximum atomic E-state index is 12.2. The number of amides is 1. The largest absolute Gasteiger partial charge is 0.339 e. The van der Waals surface area contributed by atoms with E-state index in [-0.39, 0.29) is 10.1 Å². The minimum atomic E-state index is -3.56. The van der Waals surface area contributed by atoms with Gasteiger partial charge in [0.2, 0.25) is 0 Å². The molecule has 118 valence electrons. The fraction of sp³-hybridized carbons (Fsp3) is 0.267. The third-order valence-electron chi connectivity index (χ3n) is 3.19. The van der Waals surface area contributed by atoms with Gasteiger partial charge in [-0.1, -0.05) is 6.07 Å². The van der Waals surface area contributed by atoms with E-state index in [2.05, 4.69) is 4.72 Å². The van der Waals surface area contributed by atoms with Crippen molar-refractivity contribution in [1.82, 2.24) is 4.90 Å². The van der Waals surface area contributed by atoms with Crippen molar-refractivity contribution in [3.05, 3.63) is 47.3 Å². The van der Waals surface area contributed by atoms with Gasteiger partial charge >= 0.3 is 0 Å². The summed E-state index contributed by atoms with van der Waals surface area (Å²) in [6, 6.07) is 9.69. The summed E-state index contributed by atoms with van der Waals surface area (Å²) in [5.41, 5.74) is 0.979. The highest BCUT2D eigenvalue weighted by molar-refractivity contribution is 7.94. The molecule has 1 aromatic carbocycles. The highest BCUT2D eigenvalue weighted by Gasteiger charge is 2.16. The van der Waals surface area contributed by atoms with Crippen LogP contribution in [0.3, 0.4) is 0 Å². The summed E-state index contributed by atoms with van der Waals surface area (Å²) < 4.78 is 27.0. The van der Waals surface area contributed by atoms with Crippen molar-refractivity contribution in [3.8, 4) is 0 Å². The molecule has 0 unspecified atom stereocenters. The zero-order valence-corrected chi connectivity index (χ0v) is 14.1. The molecule has 1 amide bonds. The maximum Gasteiger partial charge on any atom is 0.271 e. The van der Waals surface area contributed by atoms with E-state index >= 15 is 0 Å². The van der Waals surface area contributed by atoms with Crippen LogP contribution in [-0.2, 0) is 10.0 Å². The second kappa shape index (κ2) is 6.93. The van der Waals surface area contributed by atoms with Crippen molar-refractivity contribution in [2.45, 2.75) is 18.1 Å². The van der Waals surface area contributed by atoms with E-state index in [4.69, 9.17) is 0 Å². The molecule has 0 aliphatic carbocycles. The SMILES string of the molecule is CCN(CC)C(=O)c1ccc(NS(=O)(=O)c2cccs2)cc1. The first-order valence-corrected chi connectivity index (χ1v) is 9.30. The number of anilines is 1. The smallest absolute Gasteiger partial charge is 0.271 e. The molecule has 0 atom stereocenters. The molecule has 0 fully saturated rings. The van der Waals surface area contributed by atoms with E-state index in [1.54, 1.807) is 46.7 Å². The molecule has 1 N–H and O–H groups in total. The van der Waals surface area contributed by atoms with Crippen molar-refractivity contribution >= 4 is 33.0 Å². The third kappa shape index (κ3) is 3.66. The molecule has 2 rings (SSSR count). The molecule has 7 heteroatoms. The first-order chi connectivity index (χ1) is 10.5. The van der Waals surface area contributed by atoms with Crippen molar-refractivity contribution in [2.24, 2.45) is 0 Å². The summed E-state index contributed by atoms with van der Waals surface area (Å²) in [5.74, 6) is -0.0577. The normalized spacial score (nSPS) is 11.2. The summed E-state index contributed by atoms with van der Waals surface area (Å²) >= 11 is 1.16. The van der Waals surface area contributed by atoms with E-state index in [9.17, 15) is 13.2 Å². The summed E-state index contributed by atoms with van der Waals surface area (Å²) in [4.78, 5) is 13.9. The van der Waals surface area contributed by atoms with Crippen LogP contribution >= 0.6 is 11.3 Å². The van der Waals surface area contributed by atoms with Gasteiger partial charge < -0.3 is 4.90 Å². The molecule has 0 aliphatic rings. The van der Waals surface area contributed by atoms with Gasteiger partial charge in [-0.05, 0) is 49.6 Å². The van der Waals surface area contributed by atoms with Gasteiger partial charge in [0.05, 0.1) is 0 Å². The molecule has 0 saturated heterocycles. The van der Waals surface area contributed by atoms with Crippen LogP contribution in [0.15, 0.2) is 46.0 Å². The Kier molecular flexibility index (Phi) is 5.20. The fourth-order valence-electron chi connectivity index (χ4n) is 2.00. The highest BCUT2D eigenvalue weighted by Crippen LogP contribution is 2.20. The number of nitrogens with zero attached hydrogens (tertiary/aromatic N) is 1. The van der Waals surface area contributed by atoms with E-state index in [0.717, 1.165) is 11.3 Å². The summed E-state index contributed by atoms with van der Waals surface area (Å²) in [5, 5.41) is 1.71. The minimum absolute atomic E-state index is 0.0577. The first kappa shape index (κ1) is 16.5. The van der Waals surface area contributed by atoms with Gasteiger partial charge in [-0.2, -0.15) is 0 Å². The zero-order valence-electron chi connectivity index (χ0n) is 12.4. The number of nitrogens with one attached hydrogen (secondary N) is 1. The predicted molar refractivity (Wildman–Crippen MR) is 88.8 cm³/mol. The van der Waals surface area contributed by atoms with Crippen LogP contribution in [0.4, 0.5) is 5.69 Å². The van der Waals surface area contributed by atoms with Gasteiger partial charge in [0, 0.05) is 24.3 Å². The van der Waals surface area contributed by atoms with Gasteiger partial charge in [0.1, 0.15) is 4.21 Å². The monoisotopic (exact) mass is 338 g/mol. The molecule has 0 radical (unpaired) electrons. The van der Waals surface area contributed by atoms with Gasteiger partial charge in [-0.15, -0.1) is 11.3 Å². The molecular formula is C15H18N2O3S2. The second-order valence-electron chi connectivity index (χ2n) is 4.59. The van der Waals surface area contributed by atoms with Crippen molar-refractivity contribution in [2.75, 3.05) is 17.8 Å². The lowest BCUT2D eigenvalue weighted by Crippen LogP contribution is -2.30. The van der Waals surface area contributed by atoms with E-state index < -0.39 is 10.0 Å². The molecule has 2 aromatic rings. The Morgan fingerprint density at radius 1 is 1.14 bits per heavy atom. The Morgan fingerprint density at radius 3 is 2.27 bits per heavy atom. The molecule has 1 heterocycles. The summed E-state index contributed by atoms with van der Waals surface area (Å²) in [6.07, 6.45) is 0. The van der Waals surface area contributed by atoms with Crippen LogP contribution in [0, 0.1) is 0 Å². The average molecular weight is 338 g/mol. The molecule has 1 aromatic heterocycles. The Balaban J connectivity index is 2.14. The highest BCUT2D eigenvalue weighted by atomic mass is 32.2. The Labute approximate surface area is 134 Å². The van der Waals surface area contributed by atoms with Gasteiger partial charge in [0.15, 0.2) is 0 Å². The van der Waals surface area contributed by atoms with E-state index in [0.29, 0.717) is 24.3 Å². The topological polar surface area (TPSA) is 66.5 Å². The standard InChI is InChI=1S/C15H18N2O3S2/c1-3-17(4-2)15(18)12-7-9-13(10-8-12)16-22(19,20)14-6-5-11-21-14/h5-11,16H,3-4H2,1-2H3. The van der Waals surface area contributed by atoms with Gasteiger partial charge in [0.25, 0.3) is 15.9 Å². The molecule has 0 bridgehead atoms. The first-order valence-electron chi connectivity index (χ1n) is 6.93. The Morgan fingerprint density at radius 2 is 1.77 bits per heavy atom. The maximum absolute atomic E-state index is 12.2. The van der Waals surface area contributed by atoms with Gasteiger partial charge in [-0.3, -0.25) is 9.52 Å². The van der Waals surface area contributed by atoms with E-state index in [1.807, 2.05) is 13.8 Å². The molecule has 0 saturated carbocycles. The van der Waals surface area contributed by atoms with Crippen LogP contribution in [0.1, 0.15) is 24.2 Å². The Bertz CT molecular complexity index is 719. The summed E-state index contributed by atoms with van der Waals surface area (Å²) in [7, 11) is -3.56. The Hall–Kier alpha value is -1.86. The van der Waals surface area contributed by atoms with E-state index in [1.165, 1.54) is 0 Å². The van der Waals surface area contributed by atoms with Gasteiger partial charge in [-0.25, -0.2) is 8.42 Å². The molecule has 22 heavy (non-hydrogen) atoms. The van der Waals surface area contributed by atoms with Crippen molar-refractivity contribution in [3.63, 3.8) is 0 Å². The number of hydrogen-bond acceptors (Lipinski definition) is 4. The average Bonchev–Trinajstić information content (AvgIpc) is 3.04. The zero-order chi connectivity index (χ0) is 16.2. The number of benzene rings is 1. The lowest BCUT2D eigenvalue weighted by Gasteiger charge is -2.18. The molecule has 0 spiro atoms. The third-order valence-corrected chi connectivity index (χ3v) is 5.97. The van der Waals surface area contributed by atoms with Crippen molar-refractivity contribution < 1.29 is 13.2 Å². The number of hydrogen-bond donors (Lipinski definition) is 1. The lowest BCUT2D eigenvalue weighted by atomic mass is 10.2. The molecule has 5 nitrogen and oxygen atoms in total. The fourth-order valence-corrected chi connectivity index (χ4v) is 4.05. The quantitative estimate of drug-likeness (QED) is 0.880. The minimum Gasteiger partial charge on any atom is -0.339 e. The molecule has 0 aliphatic heterocycles. The number of thiophene rings is 1. The lowest BCUT2D eigenvalue weighted by molar-refractivity contribution is 0.0773. The second-order valence-corrected chi connectivity index (χ2v) is 7.45. The van der Waals surface area contributed by atoms with Crippen LogP contribution in [0.5, 0.6) is 0 Å². The van der Waals surface area contributed by atoms with Crippen LogP contribution in [0.25, 0.3) is 0 Å². The molecular weight excluding hydrogens is 320 g/mol. The van der Waals surface area contributed by atoms with Crippen LogP contribution < -0.4 is 4.72 Å². The van der Waals surface area contributed by atoms with Crippen LogP contribution in [-0.4, -0.2) is 32.3 Å².